The van der Waals surface area contributed by atoms with Gasteiger partial charge in [0.2, 0.25) is 0 Å². The Morgan fingerprint density at radius 1 is 1.29 bits per heavy atom. The topological polar surface area (TPSA) is 107 Å². The Morgan fingerprint density at radius 3 is 2.92 bits per heavy atom. The lowest BCUT2D eigenvalue weighted by molar-refractivity contribution is 0.354. The number of anilines is 2. The largest absolute Gasteiger partial charge is 0.383 e. The monoisotopic (exact) mass is 324 g/mol. The van der Waals surface area contributed by atoms with Crippen molar-refractivity contribution in [3.8, 4) is 11.3 Å². The molecule has 0 radical (unpaired) electrons. The number of hydrogen-bond acceptors (Lipinski definition) is 7. The summed E-state index contributed by atoms with van der Waals surface area (Å²) in [6, 6.07) is 4.17. The van der Waals surface area contributed by atoms with E-state index in [1.165, 1.54) is 6.33 Å². The first-order chi connectivity index (χ1) is 11.8. The number of nitrogens with zero attached hydrogens (tertiary/aromatic N) is 5. The summed E-state index contributed by atoms with van der Waals surface area (Å²) in [5, 5.41) is 12.1. The summed E-state index contributed by atoms with van der Waals surface area (Å²) in [4.78, 5) is 13.0. The Morgan fingerprint density at radius 2 is 2.21 bits per heavy atom. The summed E-state index contributed by atoms with van der Waals surface area (Å²) in [5.74, 6) is 1.26. The van der Waals surface area contributed by atoms with Gasteiger partial charge in [-0.15, -0.1) is 0 Å². The molecule has 1 aliphatic heterocycles. The van der Waals surface area contributed by atoms with Crippen LogP contribution in [0.25, 0.3) is 22.3 Å². The summed E-state index contributed by atoms with van der Waals surface area (Å²) >= 11 is 0. The number of nitrogens with two attached hydrogens (primary N) is 1. The van der Waals surface area contributed by atoms with E-state index in [0.29, 0.717) is 5.82 Å². The first-order valence-electron chi connectivity index (χ1n) is 8.11. The molecular formula is C16H20N8. The van der Waals surface area contributed by atoms with Gasteiger partial charge in [0.25, 0.3) is 0 Å². The molecule has 4 N–H and O–H groups in total. The fourth-order valence-electron chi connectivity index (χ4n) is 3.18. The number of nitrogen functional groups attached to an aromatic ring is 1. The highest BCUT2D eigenvalue weighted by Crippen LogP contribution is 2.32. The highest BCUT2D eigenvalue weighted by atomic mass is 15.3. The van der Waals surface area contributed by atoms with Crippen molar-refractivity contribution in [3.63, 3.8) is 0 Å². The lowest BCUT2D eigenvalue weighted by Crippen LogP contribution is -2.32. The van der Waals surface area contributed by atoms with Crippen LogP contribution in [0.4, 0.5) is 11.6 Å². The van der Waals surface area contributed by atoms with Crippen LogP contribution in [0.1, 0.15) is 18.9 Å². The maximum absolute atomic E-state index is 6.14. The zero-order valence-corrected chi connectivity index (χ0v) is 13.5. The lowest BCUT2D eigenvalue weighted by atomic mass is 10.1. The third kappa shape index (κ3) is 2.44. The molecular weight excluding hydrogens is 304 g/mol. The van der Waals surface area contributed by atoms with Gasteiger partial charge in [0.1, 0.15) is 23.7 Å². The fraction of sp³-hybridized carbons (Fsp3) is 0.375. The molecule has 0 spiro atoms. The van der Waals surface area contributed by atoms with Gasteiger partial charge in [-0.3, -0.25) is 0 Å². The number of aromatic nitrogens is 5. The standard InChI is InChI=1S/C16H20N8/c1-18-12-5-4-10(7-20-12)14-13-15(17)21-9-22-16(13)24(23-14)11-3-2-6-19-8-11/h4-5,7,9,11,19H,2-3,6,8H2,1H3,(H,18,20)(H2,17,21,22)/t11-/m1/s1. The van der Waals surface area contributed by atoms with Crippen LogP contribution in [0.2, 0.25) is 0 Å². The van der Waals surface area contributed by atoms with Crippen molar-refractivity contribution in [2.24, 2.45) is 0 Å². The van der Waals surface area contributed by atoms with Crippen LogP contribution >= 0.6 is 0 Å². The molecule has 8 nitrogen and oxygen atoms in total. The molecule has 3 aromatic rings. The zero-order valence-electron chi connectivity index (χ0n) is 13.5. The third-order valence-electron chi connectivity index (χ3n) is 4.43. The second-order valence-corrected chi connectivity index (χ2v) is 5.93. The van der Waals surface area contributed by atoms with Crippen molar-refractivity contribution in [3.05, 3.63) is 24.7 Å². The smallest absolute Gasteiger partial charge is 0.164 e. The molecule has 0 saturated carbocycles. The highest BCUT2D eigenvalue weighted by Gasteiger charge is 2.23. The second-order valence-electron chi connectivity index (χ2n) is 5.93. The summed E-state index contributed by atoms with van der Waals surface area (Å²) in [7, 11) is 1.84. The van der Waals surface area contributed by atoms with E-state index in [1.54, 1.807) is 6.20 Å². The van der Waals surface area contributed by atoms with Gasteiger partial charge in [-0.2, -0.15) is 5.10 Å². The maximum atomic E-state index is 6.14. The Balaban J connectivity index is 1.87. The molecule has 4 rings (SSSR count). The summed E-state index contributed by atoms with van der Waals surface area (Å²) in [6.45, 7) is 1.94. The number of hydrogen-bond donors (Lipinski definition) is 3. The average Bonchev–Trinajstić information content (AvgIpc) is 3.04. The maximum Gasteiger partial charge on any atom is 0.164 e. The lowest BCUT2D eigenvalue weighted by Gasteiger charge is -2.23. The van der Waals surface area contributed by atoms with Gasteiger partial charge in [0, 0.05) is 25.4 Å². The van der Waals surface area contributed by atoms with Crippen LogP contribution in [0.3, 0.4) is 0 Å². The van der Waals surface area contributed by atoms with Gasteiger partial charge >= 0.3 is 0 Å². The summed E-state index contributed by atoms with van der Waals surface area (Å²) in [5.41, 5.74) is 8.61. The summed E-state index contributed by atoms with van der Waals surface area (Å²) < 4.78 is 1.99. The molecule has 0 bridgehead atoms. The molecule has 1 saturated heterocycles. The van der Waals surface area contributed by atoms with Gasteiger partial charge < -0.3 is 16.4 Å². The van der Waals surface area contributed by atoms with E-state index in [-0.39, 0.29) is 6.04 Å². The van der Waals surface area contributed by atoms with Gasteiger partial charge in [-0.05, 0) is 31.5 Å². The molecule has 24 heavy (non-hydrogen) atoms. The van der Waals surface area contributed by atoms with E-state index in [9.17, 15) is 0 Å². The Labute approximate surface area is 139 Å². The number of pyridine rings is 1. The van der Waals surface area contributed by atoms with E-state index in [4.69, 9.17) is 10.8 Å². The van der Waals surface area contributed by atoms with E-state index < -0.39 is 0 Å². The van der Waals surface area contributed by atoms with Crippen LogP contribution in [0, 0.1) is 0 Å². The molecule has 3 aromatic heterocycles. The fourth-order valence-corrected chi connectivity index (χ4v) is 3.18. The van der Waals surface area contributed by atoms with Crippen LogP contribution in [0.15, 0.2) is 24.7 Å². The molecule has 4 heterocycles. The molecule has 124 valence electrons. The first kappa shape index (κ1) is 14.8. The molecule has 0 aliphatic carbocycles. The molecule has 1 atom stereocenters. The van der Waals surface area contributed by atoms with Crippen molar-refractivity contribution >= 4 is 22.7 Å². The number of rotatable bonds is 3. The minimum atomic E-state index is 0.272. The zero-order chi connectivity index (χ0) is 16.5. The quantitative estimate of drug-likeness (QED) is 0.669. The van der Waals surface area contributed by atoms with Gasteiger partial charge in [-0.1, -0.05) is 0 Å². The summed E-state index contributed by atoms with van der Waals surface area (Å²) in [6.07, 6.45) is 5.49. The normalized spacial score (nSPS) is 18.0. The van der Waals surface area contributed by atoms with Crippen molar-refractivity contribution in [2.75, 3.05) is 31.2 Å². The van der Waals surface area contributed by atoms with E-state index in [2.05, 4.69) is 25.6 Å². The van der Waals surface area contributed by atoms with Crippen molar-refractivity contribution in [2.45, 2.75) is 18.9 Å². The Hall–Kier alpha value is -2.74. The van der Waals surface area contributed by atoms with E-state index >= 15 is 0 Å². The van der Waals surface area contributed by atoms with Crippen LogP contribution in [0.5, 0.6) is 0 Å². The van der Waals surface area contributed by atoms with Crippen LogP contribution < -0.4 is 16.4 Å². The van der Waals surface area contributed by atoms with Crippen molar-refractivity contribution in [1.82, 2.24) is 30.0 Å². The van der Waals surface area contributed by atoms with Gasteiger partial charge in [0.05, 0.1) is 11.4 Å². The van der Waals surface area contributed by atoms with Crippen molar-refractivity contribution in [1.29, 1.82) is 0 Å². The van der Waals surface area contributed by atoms with Crippen molar-refractivity contribution < 1.29 is 0 Å². The molecule has 1 fully saturated rings. The number of piperidine rings is 1. The highest BCUT2D eigenvalue weighted by molar-refractivity contribution is 5.98. The van der Waals surface area contributed by atoms with Gasteiger partial charge in [-0.25, -0.2) is 19.6 Å². The molecule has 0 aromatic carbocycles. The SMILES string of the molecule is CNc1ccc(-c2nn([C@@H]3CCCNC3)c3ncnc(N)c23)cn1. The Kier molecular flexibility index (Phi) is 3.73. The van der Waals surface area contributed by atoms with Gasteiger partial charge in [0.15, 0.2) is 5.65 Å². The molecule has 0 amide bonds. The first-order valence-corrected chi connectivity index (χ1v) is 8.11. The third-order valence-corrected chi connectivity index (χ3v) is 4.43. The molecule has 0 unspecified atom stereocenters. The number of nitrogens with one attached hydrogen (secondary N) is 2. The predicted molar refractivity (Wildman–Crippen MR) is 93.7 cm³/mol. The van der Waals surface area contributed by atoms with Crippen LogP contribution in [-0.4, -0.2) is 44.9 Å². The minimum absolute atomic E-state index is 0.272. The molecule has 1 aliphatic rings. The second kappa shape index (κ2) is 6.04. The van der Waals surface area contributed by atoms with Crippen LogP contribution in [-0.2, 0) is 0 Å². The Bertz CT molecular complexity index is 848. The number of fused-ring (bicyclic) bond motifs is 1. The minimum Gasteiger partial charge on any atom is -0.383 e. The average molecular weight is 324 g/mol. The van der Waals surface area contributed by atoms with E-state index in [1.807, 2.05) is 23.9 Å². The van der Waals surface area contributed by atoms with E-state index in [0.717, 1.165) is 54.0 Å². The predicted octanol–water partition coefficient (Wildman–Crippen LogP) is 1.44. The molecule has 8 heteroatoms.